The Morgan fingerprint density at radius 2 is 1.86 bits per heavy atom. The molecule has 0 amide bonds. The van der Waals surface area contributed by atoms with Crippen molar-refractivity contribution in [3.63, 3.8) is 0 Å². The van der Waals surface area contributed by atoms with Gasteiger partial charge in [0, 0.05) is 18.3 Å². The zero-order chi connectivity index (χ0) is 15.1. The molecule has 2 N–H and O–H groups in total. The number of thioether (sulfide) groups is 1. The highest BCUT2D eigenvalue weighted by Crippen LogP contribution is 2.22. The van der Waals surface area contributed by atoms with E-state index in [9.17, 15) is 0 Å². The van der Waals surface area contributed by atoms with E-state index in [4.69, 9.17) is 4.74 Å². The first-order valence-electron chi connectivity index (χ1n) is 6.83. The van der Waals surface area contributed by atoms with Crippen molar-refractivity contribution < 1.29 is 4.74 Å². The highest BCUT2D eigenvalue weighted by atomic mass is 32.2. The molecule has 1 aromatic heterocycles. The van der Waals surface area contributed by atoms with E-state index in [1.807, 2.05) is 36.6 Å². The van der Waals surface area contributed by atoms with Crippen LogP contribution in [0.2, 0.25) is 0 Å². The van der Waals surface area contributed by atoms with Crippen LogP contribution in [0, 0.1) is 0 Å². The van der Waals surface area contributed by atoms with Gasteiger partial charge in [-0.25, -0.2) is 9.97 Å². The van der Waals surface area contributed by atoms with E-state index < -0.39 is 0 Å². The normalized spacial score (nSPS) is 10.2. The molecule has 2 rings (SSSR count). The Balaban J connectivity index is 2.16. The largest absolute Gasteiger partial charge is 0.497 e. The zero-order valence-electron chi connectivity index (χ0n) is 12.5. The molecule has 0 atom stereocenters. The van der Waals surface area contributed by atoms with Gasteiger partial charge >= 0.3 is 0 Å². The quantitative estimate of drug-likeness (QED) is 0.600. The summed E-state index contributed by atoms with van der Waals surface area (Å²) >= 11 is 1.52. The molecular formula is C15H20N4OS. The van der Waals surface area contributed by atoms with E-state index in [1.165, 1.54) is 11.8 Å². The summed E-state index contributed by atoms with van der Waals surface area (Å²) < 4.78 is 5.15. The van der Waals surface area contributed by atoms with E-state index in [1.54, 1.807) is 7.11 Å². The molecule has 1 aromatic carbocycles. The summed E-state index contributed by atoms with van der Waals surface area (Å²) in [5.74, 6) is 2.45. The number of nitrogens with zero attached hydrogens (tertiary/aromatic N) is 2. The molecule has 0 saturated heterocycles. The minimum atomic E-state index is 0.743. The Hall–Kier alpha value is -1.95. The number of methoxy groups -OCH3 is 1. The van der Waals surface area contributed by atoms with Gasteiger partial charge in [-0.1, -0.05) is 18.7 Å². The van der Waals surface area contributed by atoms with Gasteiger partial charge in [0.1, 0.15) is 17.4 Å². The van der Waals surface area contributed by atoms with Gasteiger partial charge in [-0.15, -0.1) is 0 Å². The number of benzene rings is 1. The Kier molecular flexibility index (Phi) is 5.68. The molecule has 5 nitrogen and oxygen atoms in total. The Morgan fingerprint density at radius 3 is 2.48 bits per heavy atom. The van der Waals surface area contributed by atoms with E-state index in [0.29, 0.717) is 0 Å². The molecule has 0 unspecified atom stereocenters. The van der Waals surface area contributed by atoms with Crippen molar-refractivity contribution in [1.29, 1.82) is 0 Å². The number of hydrogen-bond donors (Lipinski definition) is 2. The van der Waals surface area contributed by atoms with Gasteiger partial charge in [0.25, 0.3) is 0 Å². The van der Waals surface area contributed by atoms with Crippen molar-refractivity contribution in [3.05, 3.63) is 30.3 Å². The van der Waals surface area contributed by atoms with E-state index in [2.05, 4.69) is 27.5 Å². The number of aromatic nitrogens is 2. The van der Waals surface area contributed by atoms with E-state index in [0.717, 1.165) is 41.2 Å². The van der Waals surface area contributed by atoms with Crippen LogP contribution in [-0.4, -0.2) is 29.9 Å². The summed E-state index contributed by atoms with van der Waals surface area (Å²) in [6, 6.07) is 9.65. The topological polar surface area (TPSA) is 59.1 Å². The van der Waals surface area contributed by atoms with Crippen molar-refractivity contribution in [1.82, 2.24) is 9.97 Å². The molecule has 0 fully saturated rings. The predicted molar refractivity (Wildman–Crippen MR) is 88.9 cm³/mol. The lowest BCUT2D eigenvalue weighted by Crippen LogP contribution is -2.05. The van der Waals surface area contributed by atoms with Crippen LogP contribution in [0.3, 0.4) is 0 Å². The summed E-state index contributed by atoms with van der Waals surface area (Å²) in [4.78, 5) is 8.91. The molecule has 0 aliphatic carbocycles. The third kappa shape index (κ3) is 4.53. The van der Waals surface area contributed by atoms with Gasteiger partial charge in [-0.3, -0.25) is 0 Å². The van der Waals surface area contributed by atoms with Gasteiger partial charge in [-0.05, 0) is 36.9 Å². The second-order valence-electron chi connectivity index (χ2n) is 4.41. The third-order valence-corrected chi connectivity index (χ3v) is 3.35. The number of ether oxygens (including phenoxy) is 1. The first kappa shape index (κ1) is 15.4. The van der Waals surface area contributed by atoms with Crippen molar-refractivity contribution in [2.45, 2.75) is 18.5 Å². The van der Waals surface area contributed by atoms with Gasteiger partial charge in [-0.2, -0.15) is 0 Å². The minimum absolute atomic E-state index is 0.743. The predicted octanol–water partition coefficient (Wildman–Crippen LogP) is 3.77. The fourth-order valence-electron chi connectivity index (χ4n) is 1.75. The van der Waals surface area contributed by atoms with Crippen LogP contribution in [0.4, 0.5) is 17.3 Å². The first-order valence-corrected chi connectivity index (χ1v) is 8.05. The Morgan fingerprint density at radius 1 is 1.14 bits per heavy atom. The van der Waals surface area contributed by atoms with Crippen molar-refractivity contribution in [3.8, 4) is 5.75 Å². The third-order valence-electron chi connectivity index (χ3n) is 2.81. The maximum atomic E-state index is 5.15. The lowest BCUT2D eigenvalue weighted by atomic mass is 10.3. The molecule has 0 aliphatic heterocycles. The van der Waals surface area contributed by atoms with Gasteiger partial charge < -0.3 is 15.4 Å². The molecular weight excluding hydrogens is 284 g/mol. The number of hydrogen-bond acceptors (Lipinski definition) is 6. The maximum absolute atomic E-state index is 5.15. The highest BCUT2D eigenvalue weighted by molar-refractivity contribution is 7.98. The van der Waals surface area contributed by atoms with E-state index in [-0.39, 0.29) is 0 Å². The molecule has 6 heteroatoms. The van der Waals surface area contributed by atoms with Gasteiger partial charge in [0.05, 0.1) is 7.11 Å². The summed E-state index contributed by atoms with van der Waals surface area (Å²) in [6.07, 6.45) is 3.02. The SMILES string of the molecule is CCCNc1cc(Nc2ccc(OC)cc2)nc(SC)n1. The van der Waals surface area contributed by atoms with Crippen molar-refractivity contribution in [2.75, 3.05) is 30.5 Å². The monoisotopic (exact) mass is 304 g/mol. The van der Waals surface area contributed by atoms with Crippen LogP contribution < -0.4 is 15.4 Å². The molecule has 0 aliphatic rings. The summed E-state index contributed by atoms with van der Waals surface area (Å²) in [5.41, 5.74) is 0.961. The Bertz CT molecular complexity index is 574. The van der Waals surface area contributed by atoms with Crippen LogP contribution in [-0.2, 0) is 0 Å². The molecule has 2 aromatic rings. The summed E-state index contributed by atoms with van der Waals surface area (Å²) in [7, 11) is 1.66. The van der Waals surface area contributed by atoms with Crippen LogP contribution in [0.25, 0.3) is 0 Å². The highest BCUT2D eigenvalue weighted by Gasteiger charge is 2.04. The lowest BCUT2D eigenvalue weighted by Gasteiger charge is -2.10. The zero-order valence-corrected chi connectivity index (χ0v) is 13.3. The number of anilines is 3. The number of nitrogens with one attached hydrogen (secondary N) is 2. The molecule has 0 spiro atoms. The van der Waals surface area contributed by atoms with Crippen molar-refractivity contribution in [2.24, 2.45) is 0 Å². The van der Waals surface area contributed by atoms with Crippen LogP contribution in [0.15, 0.2) is 35.5 Å². The van der Waals surface area contributed by atoms with E-state index >= 15 is 0 Å². The average molecular weight is 304 g/mol. The van der Waals surface area contributed by atoms with Crippen LogP contribution in [0.5, 0.6) is 5.75 Å². The maximum Gasteiger partial charge on any atom is 0.191 e. The Labute approximate surface area is 129 Å². The average Bonchev–Trinajstić information content (AvgIpc) is 2.53. The summed E-state index contributed by atoms with van der Waals surface area (Å²) in [5, 5.41) is 7.32. The molecule has 0 saturated carbocycles. The molecule has 0 bridgehead atoms. The molecule has 21 heavy (non-hydrogen) atoms. The van der Waals surface area contributed by atoms with Gasteiger partial charge in [0.15, 0.2) is 5.16 Å². The first-order chi connectivity index (χ1) is 10.2. The molecule has 0 radical (unpaired) electrons. The van der Waals surface area contributed by atoms with Gasteiger partial charge in [0.2, 0.25) is 0 Å². The molecule has 1 heterocycles. The summed E-state index contributed by atoms with van der Waals surface area (Å²) in [6.45, 7) is 3.02. The van der Waals surface area contributed by atoms with Crippen LogP contribution in [0.1, 0.15) is 13.3 Å². The fourth-order valence-corrected chi connectivity index (χ4v) is 2.13. The fraction of sp³-hybridized carbons (Fsp3) is 0.333. The second kappa shape index (κ2) is 7.73. The molecule has 112 valence electrons. The van der Waals surface area contributed by atoms with Crippen LogP contribution >= 0.6 is 11.8 Å². The standard InChI is InChI=1S/C15H20N4OS/c1-4-9-16-13-10-14(19-15(18-13)21-3)17-11-5-7-12(20-2)8-6-11/h5-8,10H,4,9H2,1-3H3,(H2,16,17,18,19). The number of rotatable bonds is 7. The second-order valence-corrected chi connectivity index (χ2v) is 5.18. The van der Waals surface area contributed by atoms with Crippen molar-refractivity contribution >= 4 is 29.1 Å². The minimum Gasteiger partial charge on any atom is -0.497 e. The smallest absolute Gasteiger partial charge is 0.191 e. The lowest BCUT2D eigenvalue weighted by molar-refractivity contribution is 0.415.